The molecule has 0 atom stereocenters. The van der Waals surface area contributed by atoms with Gasteiger partial charge in [-0.3, -0.25) is 4.79 Å². The minimum atomic E-state index is 0.0764. The molecule has 2 aromatic carbocycles. The number of ether oxygens (including phenoxy) is 1. The first kappa shape index (κ1) is 21.5. The van der Waals surface area contributed by atoms with Gasteiger partial charge in [-0.25, -0.2) is 0 Å². The number of fused-ring (bicyclic) bond motifs is 1. The summed E-state index contributed by atoms with van der Waals surface area (Å²) in [6, 6.07) is 16.6. The number of rotatable bonds is 6. The van der Waals surface area contributed by atoms with E-state index in [9.17, 15) is 4.79 Å². The molecule has 0 radical (unpaired) electrons. The number of carbonyl (C=O) groups is 1. The normalized spacial score (nSPS) is 24.0. The average molecular weight is 433 g/mol. The highest BCUT2D eigenvalue weighted by molar-refractivity contribution is 5.94. The first-order valence-corrected chi connectivity index (χ1v) is 12.6. The molecule has 3 aliphatic rings. The zero-order valence-electron chi connectivity index (χ0n) is 19.1. The Labute approximate surface area is 192 Å². The Morgan fingerprint density at radius 1 is 0.938 bits per heavy atom. The third kappa shape index (κ3) is 5.01. The van der Waals surface area contributed by atoms with Crippen LogP contribution in [0.25, 0.3) is 0 Å². The first-order chi connectivity index (χ1) is 15.8. The molecular formula is C28H36N2O2. The fraction of sp³-hybridized carbons (Fsp3) is 0.536. The van der Waals surface area contributed by atoms with Gasteiger partial charge in [0, 0.05) is 23.6 Å². The summed E-state index contributed by atoms with van der Waals surface area (Å²) in [5.41, 5.74) is 3.79. The van der Waals surface area contributed by atoms with Crippen molar-refractivity contribution in [1.82, 2.24) is 10.2 Å². The monoisotopic (exact) mass is 432 g/mol. The molecule has 1 aliphatic carbocycles. The number of amides is 1. The molecule has 1 saturated carbocycles. The number of carbonyl (C=O) groups excluding carboxylic acids is 1. The summed E-state index contributed by atoms with van der Waals surface area (Å²) >= 11 is 0. The molecule has 1 saturated heterocycles. The van der Waals surface area contributed by atoms with Crippen LogP contribution in [0.4, 0.5) is 0 Å². The highest BCUT2D eigenvalue weighted by Crippen LogP contribution is 2.37. The third-order valence-electron chi connectivity index (χ3n) is 7.88. The highest BCUT2D eigenvalue weighted by Gasteiger charge is 2.27. The Hall–Kier alpha value is -2.33. The van der Waals surface area contributed by atoms with E-state index in [0.29, 0.717) is 12.0 Å². The zero-order valence-corrected chi connectivity index (χ0v) is 19.1. The molecule has 5 rings (SSSR count). The van der Waals surface area contributed by atoms with Crippen LogP contribution in [-0.4, -0.2) is 43.1 Å². The Balaban J connectivity index is 1.02. The molecule has 170 valence electrons. The average Bonchev–Trinajstić information content (AvgIpc) is 3.34. The lowest BCUT2D eigenvalue weighted by Crippen LogP contribution is -2.38. The van der Waals surface area contributed by atoms with Crippen LogP contribution < -0.4 is 10.1 Å². The molecule has 4 heteroatoms. The fourth-order valence-corrected chi connectivity index (χ4v) is 5.92. The summed E-state index contributed by atoms with van der Waals surface area (Å²) < 4.78 is 5.77. The molecule has 2 heterocycles. The second kappa shape index (κ2) is 10.1. The Morgan fingerprint density at radius 3 is 2.50 bits per heavy atom. The Bertz CT molecular complexity index is 897. The quantitative estimate of drug-likeness (QED) is 0.684. The Kier molecular flexibility index (Phi) is 6.77. The number of hydrogen-bond donors (Lipinski definition) is 1. The molecule has 32 heavy (non-hydrogen) atoms. The number of piperidine rings is 1. The predicted molar refractivity (Wildman–Crippen MR) is 128 cm³/mol. The third-order valence-corrected chi connectivity index (χ3v) is 7.88. The maximum absolute atomic E-state index is 12.4. The van der Waals surface area contributed by atoms with E-state index in [-0.39, 0.29) is 5.91 Å². The molecule has 1 amide bonds. The molecule has 2 aliphatic heterocycles. The van der Waals surface area contributed by atoms with Gasteiger partial charge in [-0.15, -0.1) is 0 Å². The van der Waals surface area contributed by atoms with Crippen molar-refractivity contribution in [1.29, 1.82) is 0 Å². The van der Waals surface area contributed by atoms with Crippen molar-refractivity contribution in [2.24, 2.45) is 5.92 Å². The van der Waals surface area contributed by atoms with Crippen LogP contribution in [0.3, 0.4) is 0 Å². The molecule has 0 spiro atoms. The predicted octanol–water partition coefficient (Wildman–Crippen LogP) is 5.18. The smallest absolute Gasteiger partial charge is 0.251 e. The number of hydrogen-bond acceptors (Lipinski definition) is 3. The Morgan fingerprint density at radius 2 is 1.72 bits per heavy atom. The lowest BCUT2D eigenvalue weighted by molar-refractivity contribution is 0.0919. The van der Waals surface area contributed by atoms with Crippen LogP contribution in [0.2, 0.25) is 0 Å². The van der Waals surface area contributed by atoms with Crippen molar-refractivity contribution < 1.29 is 9.53 Å². The molecule has 0 bridgehead atoms. The summed E-state index contributed by atoms with van der Waals surface area (Å²) in [4.78, 5) is 15.1. The van der Waals surface area contributed by atoms with E-state index in [1.807, 2.05) is 30.3 Å². The van der Waals surface area contributed by atoms with Crippen LogP contribution in [-0.2, 0) is 6.42 Å². The van der Waals surface area contributed by atoms with Crippen LogP contribution in [0.1, 0.15) is 72.3 Å². The van der Waals surface area contributed by atoms with Crippen LogP contribution in [0, 0.1) is 5.92 Å². The topological polar surface area (TPSA) is 41.6 Å². The van der Waals surface area contributed by atoms with Gasteiger partial charge in [-0.2, -0.15) is 0 Å². The number of benzene rings is 2. The molecule has 2 aromatic rings. The van der Waals surface area contributed by atoms with Gasteiger partial charge in [-0.1, -0.05) is 30.3 Å². The van der Waals surface area contributed by atoms with Crippen molar-refractivity contribution >= 4 is 5.91 Å². The minimum Gasteiger partial charge on any atom is -0.493 e. The van der Waals surface area contributed by atoms with E-state index in [4.69, 9.17) is 4.74 Å². The van der Waals surface area contributed by atoms with Gasteiger partial charge in [-0.05, 0) is 100 Å². The second-order valence-corrected chi connectivity index (χ2v) is 9.88. The lowest BCUT2D eigenvalue weighted by Gasteiger charge is -2.35. The van der Waals surface area contributed by atoms with Gasteiger partial charge < -0.3 is 15.0 Å². The molecule has 4 nitrogen and oxygen atoms in total. The molecule has 0 unspecified atom stereocenters. The summed E-state index contributed by atoms with van der Waals surface area (Å²) in [7, 11) is 0. The zero-order chi connectivity index (χ0) is 21.8. The standard InChI is InChI=1S/C28H36N2O2/c31-28(23-5-2-1-3-6-23)29-24-11-9-21(10-12-24)13-17-30-18-14-22(15-19-30)25-7-4-8-27-26(25)16-20-32-27/h1-8,21-22,24H,9-20H2,(H,29,31)/t21-,24-. The molecule has 0 aromatic heterocycles. The van der Waals surface area contributed by atoms with Crippen molar-refractivity contribution in [2.45, 2.75) is 63.3 Å². The van der Waals surface area contributed by atoms with E-state index in [1.165, 1.54) is 57.3 Å². The first-order valence-electron chi connectivity index (χ1n) is 12.6. The van der Waals surface area contributed by atoms with Gasteiger partial charge in [0.15, 0.2) is 0 Å². The maximum Gasteiger partial charge on any atom is 0.251 e. The molecule has 2 fully saturated rings. The summed E-state index contributed by atoms with van der Waals surface area (Å²) in [6.45, 7) is 4.52. The van der Waals surface area contributed by atoms with E-state index < -0.39 is 0 Å². The van der Waals surface area contributed by atoms with Crippen LogP contribution in [0.15, 0.2) is 48.5 Å². The van der Waals surface area contributed by atoms with E-state index in [0.717, 1.165) is 43.1 Å². The van der Waals surface area contributed by atoms with Gasteiger partial charge in [0.25, 0.3) is 5.91 Å². The van der Waals surface area contributed by atoms with Crippen molar-refractivity contribution in [2.75, 3.05) is 26.2 Å². The van der Waals surface area contributed by atoms with Crippen molar-refractivity contribution in [3.63, 3.8) is 0 Å². The van der Waals surface area contributed by atoms with E-state index in [1.54, 1.807) is 5.56 Å². The highest BCUT2D eigenvalue weighted by atomic mass is 16.5. The molecular weight excluding hydrogens is 396 g/mol. The van der Waals surface area contributed by atoms with Crippen molar-refractivity contribution in [3.8, 4) is 5.75 Å². The van der Waals surface area contributed by atoms with Crippen LogP contribution >= 0.6 is 0 Å². The van der Waals surface area contributed by atoms with Gasteiger partial charge >= 0.3 is 0 Å². The lowest BCUT2D eigenvalue weighted by atomic mass is 9.83. The second-order valence-electron chi connectivity index (χ2n) is 9.88. The SMILES string of the molecule is O=C(N[C@H]1CC[C@H](CCN2CCC(c3cccc4c3CCO4)CC2)CC1)c1ccccc1. The number of nitrogens with zero attached hydrogens (tertiary/aromatic N) is 1. The van der Waals surface area contributed by atoms with E-state index in [2.05, 4.69) is 28.4 Å². The summed E-state index contributed by atoms with van der Waals surface area (Å²) in [5, 5.41) is 3.24. The number of nitrogens with one attached hydrogen (secondary N) is 1. The van der Waals surface area contributed by atoms with Crippen LogP contribution in [0.5, 0.6) is 5.75 Å². The van der Waals surface area contributed by atoms with Crippen molar-refractivity contribution in [3.05, 3.63) is 65.2 Å². The fourth-order valence-electron chi connectivity index (χ4n) is 5.92. The van der Waals surface area contributed by atoms with Gasteiger partial charge in [0.2, 0.25) is 0 Å². The van der Waals surface area contributed by atoms with Gasteiger partial charge in [0.05, 0.1) is 6.61 Å². The summed E-state index contributed by atoms with van der Waals surface area (Å²) in [6.07, 6.45) is 9.65. The largest absolute Gasteiger partial charge is 0.493 e. The van der Waals surface area contributed by atoms with E-state index >= 15 is 0 Å². The molecule has 1 N–H and O–H groups in total. The minimum absolute atomic E-state index is 0.0764. The summed E-state index contributed by atoms with van der Waals surface area (Å²) in [5.74, 6) is 2.71. The van der Waals surface area contributed by atoms with Gasteiger partial charge in [0.1, 0.15) is 5.75 Å². The number of likely N-dealkylation sites (tertiary alicyclic amines) is 1. The maximum atomic E-state index is 12.4.